The molecule has 10 heteroatoms. The first-order valence-corrected chi connectivity index (χ1v) is 7.13. The Labute approximate surface area is 128 Å². The second-order valence-electron chi connectivity index (χ2n) is 4.21. The largest absolute Gasteiger partial charge is 0.406 e. The molecule has 22 heavy (non-hydrogen) atoms. The number of pyridine rings is 1. The van der Waals surface area contributed by atoms with Crippen LogP contribution in [0.3, 0.4) is 0 Å². The number of carbonyl (C=O) groups excluding carboxylic acids is 1. The van der Waals surface area contributed by atoms with Gasteiger partial charge in [-0.2, -0.15) is 13.2 Å². The van der Waals surface area contributed by atoms with Crippen molar-refractivity contribution >= 4 is 17.7 Å². The van der Waals surface area contributed by atoms with Crippen LogP contribution in [0, 0.1) is 0 Å². The SMILES string of the molecule is CNC(=O)CSc1nnc(-c2ccncc2)n1CC(F)(F)F. The van der Waals surface area contributed by atoms with Gasteiger partial charge in [0.05, 0.1) is 5.75 Å². The number of nitrogens with one attached hydrogen (secondary N) is 1. The van der Waals surface area contributed by atoms with Crippen molar-refractivity contribution in [2.75, 3.05) is 12.8 Å². The van der Waals surface area contributed by atoms with Gasteiger partial charge >= 0.3 is 6.18 Å². The van der Waals surface area contributed by atoms with Gasteiger partial charge < -0.3 is 5.32 Å². The number of hydrogen-bond donors (Lipinski definition) is 1. The molecule has 0 aliphatic heterocycles. The first-order valence-electron chi connectivity index (χ1n) is 6.14. The number of alkyl halides is 3. The molecule has 2 aromatic rings. The van der Waals surface area contributed by atoms with E-state index in [1.165, 1.54) is 19.4 Å². The maximum atomic E-state index is 12.8. The summed E-state index contributed by atoms with van der Waals surface area (Å²) in [5, 5.41) is 9.99. The van der Waals surface area contributed by atoms with Crippen LogP contribution in [-0.4, -0.2) is 44.6 Å². The molecule has 6 nitrogen and oxygen atoms in total. The quantitative estimate of drug-likeness (QED) is 0.845. The third-order valence-electron chi connectivity index (χ3n) is 2.60. The van der Waals surface area contributed by atoms with Crippen LogP contribution in [-0.2, 0) is 11.3 Å². The minimum Gasteiger partial charge on any atom is -0.358 e. The second kappa shape index (κ2) is 6.77. The molecule has 0 aromatic carbocycles. The number of rotatable bonds is 5. The molecule has 0 saturated heterocycles. The zero-order chi connectivity index (χ0) is 16.2. The Kier molecular flexibility index (Phi) is 5.01. The van der Waals surface area contributed by atoms with Gasteiger partial charge in [0.15, 0.2) is 11.0 Å². The maximum Gasteiger partial charge on any atom is 0.406 e. The van der Waals surface area contributed by atoms with Gasteiger partial charge in [0.1, 0.15) is 6.54 Å². The summed E-state index contributed by atoms with van der Waals surface area (Å²) in [5.74, 6) is -0.265. The zero-order valence-electron chi connectivity index (χ0n) is 11.5. The lowest BCUT2D eigenvalue weighted by atomic mass is 10.2. The van der Waals surface area contributed by atoms with Crippen molar-refractivity contribution in [3.8, 4) is 11.4 Å². The Hall–Kier alpha value is -2.10. The fraction of sp³-hybridized carbons (Fsp3) is 0.333. The Morgan fingerprint density at radius 3 is 2.59 bits per heavy atom. The molecule has 2 heterocycles. The first kappa shape index (κ1) is 16.3. The van der Waals surface area contributed by atoms with Gasteiger partial charge in [0, 0.05) is 25.0 Å². The van der Waals surface area contributed by atoms with Crippen LogP contribution < -0.4 is 5.32 Å². The number of thioether (sulfide) groups is 1. The van der Waals surface area contributed by atoms with E-state index in [1.807, 2.05) is 0 Å². The molecule has 0 radical (unpaired) electrons. The van der Waals surface area contributed by atoms with Crippen molar-refractivity contribution in [1.29, 1.82) is 0 Å². The topological polar surface area (TPSA) is 72.7 Å². The minimum atomic E-state index is -4.42. The maximum absolute atomic E-state index is 12.8. The van der Waals surface area contributed by atoms with Crippen molar-refractivity contribution in [3.05, 3.63) is 24.5 Å². The molecule has 0 fully saturated rings. The van der Waals surface area contributed by atoms with E-state index in [2.05, 4.69) is 20.5 Å². The molecule has 0 atom stereocenters. The Balaban J connectivity index is 2.34. The lowest BCUT2D eigenvalue weighted by Crippen LogP contribution is -2.21. The molecule has 0 saturated carbocycles. The molecule has 2 rings (SSSR count). The standard InChI is InChI=1S/C12H12F3N5OS/c1-16-9(21)6-22-11-19-18-10(8-2-4-17-5-3-8)20(11)7-12(13,14)15/h2-5H,6-7H2,1H3,(H,16,21). The zero-order valence-corrected chi connectivity index (χ0v) is 12.3. The van der Waals surface area contributed by atoms with Gasteiger partial charge in [0.25, 0.3) is 0 Å². The summed E-state index contributed by atoms with van der Waals surface area (Å²) in [7, 11) is 1.45. The lowest BCUT2D eigenvalue weighted by Gasteiger charge is -2.12. The predicted molar refractivity (Wildman–Crippen MR) is 74.1 cm³/mol. The number of aromatic nitrogens is 4. The minimum absolute atomic E-state index is 0.0349. The van der Waals surface area contributed by atoms with Crippen LogP contribution in [0.4, 0.5) is 13.2 Å². The van der Waals surface area contributed by atoms with Crippen LogP contribution in [0.2, 0.25) is 0 Å². The molecule has 0 unspecified atom stereocenters. The summed E-state index contributed by atoms with van der Waals surface area (Å²) in [5.41, 5.74) is 0.471. The predicted octanol–water partition coefficient (Wildman–Crippen LogP) is 1.74. The Bertz CT molecular complexity index is 644. The summed E-state index contributed by atoms with van der Waals surface area (Å²) in [6.45, 7) is -1.23. The van der Waals surface area contributed by atoms with E-state index < -0.39 is 12.7 Å². The van der Waals surface area contributed by atoms with E-state index in [-0.39, 0.29) is 22.6 Å². The van der Waals surface area contributed by atoms with E-state index >= 15 is 0 Å². The van der Waals surface area contributed by atoms with Crippen LogP contribution in [0.1, 0.15) is 0 Å². The van der Waals surface area contributed by atoms with E-state index in [4.69, 9.17) is 0 Å². The van der Waals surface area contributed by atoms with Crippen LogP contribution in [0.25, 0.3) is 11.4 Å². The smallest absolute Gasteiger partial charge is 0.358 e. The molecule has 1 amide bonds. The molecule has 0 bridgehead atoms. The third kappa shape index (κ3) is 4.20. The van der Waals surface area contributed by atoms with E-state index in [1.54, 1.807) is 12.1 Å². The number of halogens is 3. The monoisotopic (exact) mass is 331 g/mol. The highest BCUT2D eigenvalue weighted by molar-refractivity contribution is 7.99. The molecule has 0 spiro atoms. The highest BCUT2D eigenvalue weighted by Crippen LogP contribution is 2.28. The Morgan fingerprint density at radius 1 is 1.32 bits per heavy atom. The van der Waals surface area contributed by atoms with Gasteiger partial charge in [0.2, 0.25) is 5.91 Å². The number of hydrogen-bond acceptors (Lipinski definition) is 5. The average molecular weight is 331 g/mol. The lowest BCUT2D eigenvalue weighted by molar-refractivity contribution is -0.141. The van der Waals surface area contributed by atoms with Crippen molar-refractivity contribution < 1.29 is 18.0 Å². The highest BCUT2D eigenvalue weighted by atomic mass is 32.2. The summed E-state index contributed by atoms with van der Waals surface area (Å²) >= 11 is 0.898. The fourth-order valence-corrected chi connectivity index (χ4v) is 2.44. The molecule has 0 aliphatic rings. The van der Waals surface area contributed by atoms with Gasteiger partial charge in [-0.1, -0.05) is 11.8 Å². The summed E-state index contributed by atoms with van der Waals surface area (Å²) < 4.78 is 39.3. The van der Waals surface area contributed by atoms with Crippen molar-refractivity contribution in [1.82, 2.24) is 25.1 Å². The van der Waals surface area contributed by atoms with Gasteiger partial charge in [-0.15, -0.1) is 10.2 Å². The molecular formula is C12H12F3N5OS. The van der Waals surface area contributed by atoms with Crippen LogP contribution in [0.15, 0.2) is 29.7 Å². The Morgan fingerprint density at radius 2 is 2.00 bits per heavy atom. The van der Waals surface area contributed by atoms with Gasteiger partial charge in [-0.25, -0.2) is 0 Å². The number of carbonyl (C=O) groups is 1. The van der Waals surface area contributed by atoms with Crippen LogP contribution in [0.5, 0.6) is 0 Å². The van der Waals surface area contributed by atoms with Gasteiger partial charge in [-0.3, -0.25) is 14.3 Å². The molecule has 1 N–H and O–H groups in total. The molecular weight excluding hydrogens is 319 g/mol. The van der Waals surface area contributed by atoms with Gasteiger partial charge in [-0.05, 0) is 12.1 Å². The second-order valence-corrected chi connectivity index (χ2v) is 5.15. The van der Waals surface area contributed by atoms with Crippen LogP contribution >= 0.6 is 11.8 Å². The molecule has 2 aromatic heterocycles. The highest BCUT2D eigenvalue weighted by Gasteiger charge is 2.31. The van der Waals surface area contributed by atoms with Crippen molar-refractivity contribution in [3.63, 3.8) is 0 Å². The van der Waals surface area contributed by atoms with Crippen molar-refractivity contribution in [2.24, 2.45) is 0 Å². The first-order chi connectivity index (χ1) is 10.4. The number of nitrogens with zero attached hydrogens (tertiary/aromatic N) is 4. The summed E-state index contributed by atoms with van der Waals surface area (Å²) in [4.78, 5) is 15.1. The van der Waals surface area contributed by atoms with E-state index in [0.29, 0.717) is 5.56 Å². The third-order valence-corrected chi connectivity index (χ3v) is 3.57. The van der Waals surface area contributed by atoms with E-state index in [0.717, 1.165) is 16.3 Å². The summed E-state index contributed by atoms with van der Waals surface area (Å²) in [6.07, 6.45) is -1.51. The van der Waals surface area contributed by atoms with E-state index in [9.17, 15) is 18.0 Å². The molecule has 0 aliphatic carbocycles. The average Bonchev–Trinajstić information content (AvgIpc) is 2.86. The molecule has 118 valence electrons. The fourth-order valence-electron chi connectivity index (χ4n) is 1.63. The normalized spacial score (nSPS) is 11.5. The summed E-state index contributed by atoms with van der Waals surface area (Å²) in [6, 6.07) is 3.09. The van der Waals surface area contributed by atoms with Crippen molar-refractivity contribution in [2.45, 2.75) is 17.9 Å². The number of amides is 1.